The van der Waals surface area contributed by atoms with Gasteiger partial charge in [0.15, 0.2) is 0 Å². The summed E-state index contributed by atoms with van der Waals surface area (Å²) in [7, 11) is -3.61. The van der Waals surface area contributed by atoms with Crippen molar-refractivity contribution in [2.75, 3.05) is 0 Å². The molecule has 11 aromatic rings. The van der Waals surface area contributed by atoms with Crippen LogP contribution in [0.15, 0.2) is 200 Å². The van der Waals surface area contributed by atoms with Crippen molar-refractivity contribution in [3.8, 4) is 34.4 Å². The minimum Gasteiger partial charge on any atom is -0.305 e. The fourth-order valence-electron chi connectivity index (χ4n) is 8.22. The SMILES string of the molecule is O=P(c1ccccc1)(c1cccc(-c2cccc(-n3c4ccccc4c4ccccc43)n2)n1)c1cccc(-c2cccc(-n3c4ccccc4c4ccccc43)n2)n1. The van der Waals surface area contributed by atoms with Gasteiger partial charge in [-0.1, -0.05) is 127 Å². The van der Waals surface area contributed by atoms with E-state index in [1.54, 1.807) is 0 Å². The Morgan fingerprint density at radius 2 is 0.638 bits per heavy atom. The number of para-hydroxylation sites is 4. The molecule has 0 aliphatic rings. The lowest BCUT2D eigenvalue weighted by atomic mass is 10.2. The number of benzene rings is 5. The first-order valence-electron chi connectivity index (χ1n) is 19.2. The highest BCUT2D eigenvalue weighted by atomic mass is 31.2. The molecule has 0 bridgehead atoms. The molecule has 0 amide bonds. The van der Waals surface area contributed by atoms with Crippen molar-refractivity contribution in [3.63, 3.8) is 0 Å². The number of hydrogen-bond donors (Lipinski definition) is 0. The van der Waals surface area contributed by atoms with E-state index in [4.69, 9.17) is 19.9 Å². The average molecular weight is 765 g/mol. The third-order valence-electron chi connectivity index (χ3n) is 10.8. The summed E-state index contributed by atoms with van der Waals surface area (Å²) in [6.45, 7) is 0. The second-order valence-electron chi connectivity index (χ2n) is 14.2. The van der Waals surface area contributed by atoms with E-state index >= 15 is 4.57 Å². The quantitative estimate of drug-likeness (QED) is 0.151. The lowest BCUT2D eigenvalue weighted by molar-refractivity contribution is 0.591. The van der Waals surface area contributed by atoms with Gasteiger partial charge in [0.1, 0.15) is 22.5 Å². The van der Waals surface area contributed by atoms with Crippen LogP contribution in [-0.2, 0) is 4.57 Å². The number of hydrogen-bond acceptors (Lipinski definition) is 5. The van der Waals surface area contributed by atoms with E-state index in [0.29, 0.717) is 39.0 Å². The fourth-order valence-corrected chi connectivity index (χ4v) is 10.7. The normalized spacial score (nSPS) is 11.9. The van der Waals surface area contributed by atoms with E-state index < -0.39 is 7.14 Å². The van der Waals surface area contributed by atoms with Gasteiger partial charge in [-0.2, -0.15) is 0 Å². The zero-order chi connectivity index (χ0) is 38.6. The summed E-state index contributed by atoms with van der Waals surface area (Å²) in [6, 6.07) is 66.3. The van der Waals surface area contributed by atoms with Crippen LogP contribution >= 0.6 is 7.14 Å². The van der Waals surface area contributed by atoms with Crippen LogP contribution in [0.2, 0.25) is 0 Å². The topological polar surface area (TPSA) is 78.5 Å². The third-order valence-corrected chi connectivity index (χ3v) is 13.7. The van der Waals surface area contributed by atoms with Crippen molar-refractivity contribution in [2.24, 2.45) is 0 Å². The number of nitrogens with zero attached hydrogens (tertiary/aromatic N) is 6. The highest BCUT2D eigenvalue weighted by Gasteiger charge is 2.33. The Bertz CT molecular complexity index is 3100. The van der Waals surface area contributed by atoms with E-state index in [1.807, 2.05) is 103 Å². The standard InChI is InChI=1S/C50H33N6OP/c57-58(34-16-2-1-3-17-34,49-32-14-24-41(53-49)39-22-12-30-47(51-39)55-43-26-8-4-18-35(43)36-19-5-9-27-44(36)55)50-33-15-25-42(54-50)40-23-13-31-48(52-40)56-45-28-10-6-20-37(45)38-21-7-11-29-46(38)56/h1-33H. The zero-order valence-corrected chi connectivity index (χ0v) is 32.0. The maximum absolute atomic E-state index is 15.9. The molecular formula is C50H33N6OP. The van der Waals surface area contributed by atoms with E-state index in [1.165, 1.54) is 0 Å². The van der Waals surface area contributed by atoms with E-state index in [9.17, 15) is 0 Å². The second-order valence-corrected chi connectivity index (χ2v) is 16.9. The molecule has 0 radical (unpaired) electrons. The van der Waals surface area contributed by atoms with E-state index in [0.717, 1.165) is 55.2 Å². The number of pyridine rings is 4. The fraction of sp³-hybridized carbons (Fsp3) is 0. The van der Waals surface area contributed by atoms with Crippen molar-refractivity contribution in [1.29, 1.82) is 0 Å². The van der Waals surface area contributed by atoms with Crippen LogP contribution in [0.3, 0.4) is 0 Å². The van der Waals surface area contributed by atoms with Crippen LogP contribution in [0.1, 0.15) is 0 Å². The molecule has 0 unspecified atom stereocenters. The summed E-state index contributed by atoms with van der Waals surface area (Å²) in [5.41, 5.74) is 7.74. The molecule has 0 aliphatic heterocycles. The predicted octanol–water partition coefficient (Wildman–Crippen LogP) is 10.4. The van der Waals surface area contributed by atoms with Gasteiger partial charge in [-0.05, 0) is 72.8 Å². The van der Waals surface area contributed by atoms with Gasteiger partial charge >= 0.3 is 0 Å². The molecule has 0 saturated heterocycles. The summed E-state index contributed by atoms with van der Waals surface area (Å²) in [6.07, 6.45) is 0. The molecule has 0 atom stereocenters. The van der Waals surface area contributed by atoms with Crippen molar-refractivity contribution < 1.29 is 4.57 Å². The van der Waals surface area contributed by atoms with Gasteiger partial charge < -0.3 is 4.57 Å². The molecule has 8 heteroatoms. The number of fused-ring (bicyclic) bond motifs is 6. The molecule has 5 aromatic carbocycles. The molecule has 0 fully saturated rings. The van der Waals surface area contributed by atoms with Crippen LogP contribution in [0.5, 0.6) is 0 Å². The van der Waals surface area contributed by atoms with Crippen molar-refractivity contribution >= 4 is 66.9 Å². The summed E-state index contributed by atoms with van der Waals surface area (Å²) >= 11 is 0. The Kier molecular flexibility index (Phi) is 7.95. The van der Waals surface area contributed by atoms with Crippen LogP contribution in [0.4, 0.5) is 0 Å². The Balaban J connectivity index is 1.02. The molecule has 7 nitrogen and oxygen atoms in total. The molecule has 0 saturated carbocycles. The predicted molar refractivity (Wildman–Crippen MR) is 237 cm³/mol. The molecule has 6 aromatic heterocycles. The van der Waals surface area contributed by atoms with Gasteiger partial charge in [-0.25, -0.2) is 19.9 Å². The van der Waals surface area contributed by atoms with Crippen molar-refractivity contribution in [2.45, 2.75) is 0 Å². The molecule has 0 aliphatic carbocycles. The minimum absolute atomic E-state index is 0.428. The summed E-state index contributed by atoms with van der Waals surface area (Å²) in [5.74, 6) is 1.55. The third kappa shape index (κ3) is 5.40. The van der Waals surface area contributed by atoms with Gasteiger partial charge in [-0.15, -0.1) is 0 Å². The minimum atomic E-state index is -3.61. The average Bonchev–Trinajstić information content (AvgIpc) is 3.82. The lowest BCUT2D eigenvalue weighted by Gasteiger charge is -2.19. The largest absolute Gasteiger partial charge is 0.305 e. The van der Waals surface area contributed by atoms with Gasteiger partial charge in [0, 0.05) is 26.8 Å². The first-order chi connectivity index (χ1) is 28.6. The Labute approximate surface area is 334 Å². The maximum atomic E-state index is 15.9. The highest BCUT2D eigenvalue weighted by molar-refractivity contribution is 7.84. The first kappa shape index (κ1) is 33.8. The summed E-state index contributed by atoms with van der Waals surface area (Å²) < 4.78 is 20.3. The Morgan fingerprint density at radius 3 is 1.03 bits per heavy atom. The van der Waals surface area contributed by atoms with Crippen LogP contribution in [0.25, 0.3) is 78.0 Å². The van der Waals surface area contributed by atoms with Gasteiger partial charge in [-0.3, -0.25) is 9.13 Å². The molecule has 11 rings (SSSR count). The summed E-state index contributed by atoms with van der Waals surface area (Å²) in [4.78, 5) is 20.6. The van der Waals surface area contributed by atoms with Crippen LogP contribution in [-0.4, -0.2) is 29.1 Å². The second kappa shape index (κ2) is 13.6. The lowest BCUT2D eigenvalue weighted by Crippen LogP contribution is -2.29. The van der Waals surface area contributed by atoms with E-state index in [-0.39, 0.29) is 0 Å². The smallest absolute Gasteiger partial charge is 0.206 e. The molecule has 274 valence electrons. The highest BCUT2D eigenvalue weighted by Crippen LogP contribution is 2.42. The monoisotopic (exact) mass is 764 g/mol. The molecule has 0 N–H and O–H groups in total. The maximum Gasteiger partial charge on any atom is 0.206 e. The molecule has 0 spiro atoms. The molecule has 6 heterocycles. The summed E-state index contributed by atoms with van der Waals surface area (Å²) in [5, 5.41) is 5.30. The van der Waals surface area contributed by atoms with Gasteiger partial charge in [0.05, 0.1) is 44.8 Å². The van der Waals surface area contributed by atoms with Gasteiger partial charge in [0.2, 0.25) is 7.14 Å². The number of rotatable bonds is 7. The van der Waals surface area contributed by atoms with Crippen molar-refractivity contribution in [3.05, 3.63) is 200 Å². The first-order valence-corrected chi connectivity index (χ1v) is 20.9. The molecule has 58 heavy (non-hydrogen) atoms. The Hall–Kier alpha value is -7.47. The van der Waals surface area contributed by atoms with Crippen LogP contribution in [0, 0.1) is 0 Å². The van der Waals surface area contributed by atoms with E-state index in [2.05, 4.69) is 106 Å². The zero-order valence-electron chi connectivity index (χ0n) is 31.1. The Morgan fingerprint density at radius 1 is 0.310 bits per heavy atom. The molecular weight excluding hydrogens is 732 g/mol. The van der Waals surface area contributed by atoms with Gasteiger partial charge in [0.25, 0.3) is 0 Å². The van der Waals surface area contributed by atoms with Crippen molar-refractivity contribution in [1.82, 2.24) is 29.1 Å². The number of aromatic nitrogens is 6. The van der Waals surface area contributed by atoms with Crippen LogP contribution < -0.4 is 16.2 Å².